The zero-order valence-electron chi connectivity index (χ0n) is 24.7. The summed E-state index contributed by atoms with van der Waals surface area (Å²) >= 11 is 0. The number of halogens is 3. The largest absolute Gasteiger partial charge is 0.418 e. The number of piperidine rings is 1. The van der Waals surface area contributed by atoms with E-state index < -0.39 is 11.7 Å². The van der Waals surface area contributed by atoms with E-state index in [1.54, 1.807) is 17.9 Å². The van der Waals surface area contributed by atoms with Crippen LogP contribution in [0.1, 0.15) is 88.4 Å². The topological polar surface area (TPSA) is 66.2 Å². The van der Waals surface area contributed by atoms with E-state index in [1.165, 1.54) is 16.7 Å². The molecule has 2 N–H and O–H groups in total. The van der Waals surface area contributed by atoms with Crippen molar-refractivity contribution < 1.29 is 17.9 Å². The van der Waals surface area contributed by atoms with Crippen LogP contribution in [0.2, 0.25) is 0 Å². The maximum absolute atomic E-state index is 14.4. The minimum absolute atomic E-state index is 0.00826. The van der Waals surface area contributed by atoms with Crippen molar-refractivity contribution >= 4 is 5.52 Å². The number of ether oxygens (including phenoxy) is 1. The first-order chi connectivity index (χ1) is 19.5. The summed E-state index contributed by atoms with van der Waals surface area (Å²) in [5.41, 5.74) is 6.13. The molecule has 2 aromatic rings. The van der Waals surface area contributed by atoms with Gasteiger partial charge in [0.15, 0.2) is 0 Å². The lowest BCUT2D eigenvalue weighted by molar-refractivity contribution is -0.140. The lowest BCUT2D eigenvalue weighted by Gasteiger charge is -2.57. The molecule has 41 heavy (non-hydrogen) atoms. The van der Waals surface area contributed by atoms with Gasteiger partial charge in [0.25, 0.3) is 0 Å². The number of aromatic nitrogens is 2. The fourth-order valence-electron chi connectivity index (χ4n) is 8.46. The van der Waals surface area contributed by atoms with Crippen LogP contribution in [0.15, 0.2) is 23.3 Å². The van der Waals surface area contributed by atoms with Crippen LogP contribution in [-0.2, 0) is 10.9 Å². The van der Waals surface area contributed by atoms with E-state index in [0.29, 0.717) is 17.4 Å². The van der Waals surface area contributed by atoms with Crippen LogP contribution < -0.4 is 16.5 Å². The average Bonchev–Trinajstić information content (AvgIpc) is 3.50. The first-order valence-electron chi connectivity index (χ1n) is 15.3. The molecule has 6 rings (SSSR count). The zero-order valence-corrected chi connectivity index (χ0v) is 24.7. The Hall–Kier alpha value is -1.92. The number of nitrogens with one attached hydrogen (secondary N) is 2. The van der Waals surface area contributed by atoms with Crippen molar-refractivity contribution in [1.82, 2.24) is 29.6 Å². The first kappa shape index (κ1) is 29.2. The van der Waals surface area contributed by atoms with Crippen molar-refractivity contribution in [2.24, 2.45) is 17.3 Å². The van der Waals surface area contributed by atoms with Gasteiger partial charge in [-0.25, -0.2) is 15.6 Å². The molecule has 5 atom stereocenters. The SMILES string of the molecule is COC1CC(C2CCCC(n3cc4c(C(F)(F)F)cc([C@H](C)N5CCC[C@H](C)C5)cn4c3=O)C2)(C2NNCN2C)C1. The first-order valence-corrected chi connectivity index (χ1v) is 15.3. The predicted molar refractivity (Wildman–Crippen MR) is 151 cm³/mol. The van der Waals surface area contributed by atoms with Crippen LogP contribution in [0.5, 0.6) is 0 Å². The highest BCUT2D eigenvalue weighted by molar-refractivity contribution is 5.56. The van der Waals surface area contributed by atoms with Crippen LogP contribution in [0, 0.1) is 17.3 Å². The smallest absolute Gasteiger partial charge is 0.381 e. The van der Waals surface area contributed by atoms with Crippen molar-refractivity contribution in [1.29, 1.82) is 0 Å². The van der Waals surface area contributed by atoms with Crippen LogP contribution in [-0.4, -0.2) is 65.0 Å². The molecule has 8 nitrogen and oxygen atoms in total. The molecule has 4 heterocycles. The molecule has 2 aliphatic heterocycles. The van der Waals surface area contributed by atoms with Crippen molar-refractivity contribution in [2.45, 2.75) is 95.7 Å². The summed E-state index contributed by atoms with van der Waals surface area (Å²) in [7, 11) is 3.86. The molecule has 2 aromatic heterocycles. The molecule has 0 amide bonds. The van der Waals surface area contributed by atoms with E-state index in [-0.39, 0.29) is 41.0 Å². The van der Waals surface area contributed by atoms with Gasteiger partial charge in [0.2, 0.25) is 0 Å². The Morgan fingerprint density at radius 3 is 2.59 bits per heavy atom. The highest BCUT2D eigenvalue weighted by Crippen LogP contribution is 2.57. The maximum Gasteiger partial charge on any atom is 0.418 e. The molecule has 0 bridgehead atoms. The van der Waals surface area contributed by atoms with Gasteiger partial charge in [-0.1, -0.05) is 13.3 Å². The molecular weight excluding hydrogens is 533 g/mol. The highest BCUT2D eigenvalue weighted by atomic mass is 19.4. The molecule has 3 unspecified atom stereocenters. The number of alkyl halides is 3. The fraction of sp³-hybridized carbons (Fsp3) is 0.767. The number of pyridine rings is 1. The summed E-state index contributed by atoms with van der Waals surface area (Å²) in [4.78, 5) is 18.4. The molecular formula is C30H45F3N6O2. The van der Waals surface area contributed by atoms with Gasteiger partial charge in [0.1, 0.15) is 0 Å². The number of hydrazine groups is 1. The monoisotopic (exact) mass is 578 g/mol. The standard InChI is InChI=1S/C30H45F3N6O2/c1-19-7-6-10-37(15-19)20(2)21-11-25(30(31,32)33)26-17-38(28(40)39(26)16-21)23-9-5-8-22(12-23)29(13-24(14-29)41-4)27-35-34-18-36(27)3/h11,16-17,19-20,22-24,27,34-35H,5-10,12-15,18H2,1-4H3/t19-,20-,22?,23?,24?,27?,29?/m0/s1. The normalized spacial score (nSPS) is 34.7. The minimum Gasteiger partial charge on any atom is -0.381 e. The molecule has 4 fully saturated rings. The molecule has 228 valence electrons. The van der Waals surface area contributed by atoms with Gasteiger partial charge in [-0.05, 0) is 88.9 Å². The number of likely N-dealkylation sites (tertiary alicyclic amines) is 1. The lowest BCUT2D eigenvalue weighted by Crippen LogP contribution is -2.62. The summed E-state index contributed by atoms with van der Waals surface area (Å²) in [5.74, 6) is 0.842. The number of fused-ring (bicyclic) bond motifs is 1. The van der Waals surface area contributed by atoms with Crippen LogP contribution in [0.25, 0.3) is 5.52 Å². The van der Waals surface area contributed by atoms with Crippen molar-refractivity contribution in [3.63, 3.8) is 0 Å². The fourth-order valence-corrected chi connectivity index (χ4v) is 8.46. The van der Waals surface area contributed by atoms with E-state index in [2.05, 4.69) is 34.6 Å². The van der Waals surface area contributed by atoms with Gasteiger partial charge >= 0.3 is 11.9 Å². The number of nitrogens with zero attached hydrogens (tertiary/aromatic N) is 4. The molecule has 0 aromatic carbocycles. The molecule has 4 aliphatic rings. The molecule has 2 saturated heterocycles. The van der Waals surface area contributed by atoms with Gasteiger partial charge in [0, 0.05) is 43.5 Å². The molecule has 2 saturated carbocycles. The number of imidazole rings is 1. The second kappa shape index (κ2) is 11.0. The third-order valence-electron chi connectivity index (χ3n) is 10.8. The van der Waals surface area contributed by atoms with E-state index in [1.807, 2.05) is 6.92 Å². The molecule has 0 radical (unpaired) electrons. The lowest BCUT2D eigenvalue weighted by atomic mass is 9.54. The third kappa shape index (κ3) is 5.15. The Morgan fingerprint density at radius 2 is 1.93 bits per heavy atom. The minimum atomic E-state index is -4.55. The zero-order chi connectivity index (χ0) is 29.1. The number of rotatable bonds is 6. The summed E-state index contributed by atoms with van der Waals surface area (Å²) in [6.07, 6.45) is 6.54. The number of methoxy groups -OCH3 is 1. The number of hydrogen-bond acceptors (Lipinski definition) is 6. The molecule has 0 spiro atoms. The molecule has 2 aliphatic carbocycles. The van der Waals surface area contributed by atoms with Gasteiger partial charge in [-0.2, -0.15) is 13.2 Å². The van der Waals surface area contributed by atoms with E-state index in [9.17, 15) is 18.0 Å². The number of hydrogen-bond donors (Lipinski definition) is 2. The third-order valence-corrected chi connectivity index (χ3v) is 10.8. The summed E-state index contributed by atoms with van der Waals surface area (Å²) < 4.78 is 51.9. The average molecular weight is 579 g/mol. The van der Waals surface area contributed by atoms with Crippen LogP contribution in [0.4, 0.5) is 13.2 Å². The van der Waals surface area contributed by atoms with Gasteiger partial charge in [-0.3, -0.25) is 18.8 Å². The van der Waals surface area contributed by atoms with Crippen molar-refractivity contribution in [3.05, 3.63) is 40.1 Å². The van der Waals surface area contributed by atoms with Crippen molar-refractivity contribution in [2.75, 3.05) is 33.9 Å². The van der Waals surface area contributed by atoms with Gasteiger partial charge in [-0.15, -0.1) is 0 Å². The van der Waals surface area contributed by atoms with E-state index >= 15 is 0 Å². The van der Waals surface area contributed by atoms with Gasteiger partial charge in [0.05, 0.1) is 30.0 Å². The Kier molecular flexibility index (Phi) is 7.80. The summed E-state index contributed by atoms with van der Waals surface area (Å²) in [6, 6.07) is 0.939. The van der Waals surface area contributed by atoms with Crippen LogP contribution >= 0.6 is 0 Å². The molecule has 11 heteroatoms. The highest BCUT2D eigenvalue weighted by Gasteiger charge is 2.57. The van der Waals surface area contributed by atoms with Crippen molar-refractivity contribution in [3.8, 4) is 0 Å². The summed E-state index contributed by atoms with van der Waals surface area (Å²) in [6.45, 7) is 6.61. The summed E-state index contributed by atoms with van der Waals surface area (Å²) in [5, 5.41) is 0. The predicted octanol–water partition coefficient (Wildman–Crippen LogP) is 4.76. The van der Waals surface area contributed by atoms with Crippen LogP contribution in [0.3, 0.4) is 0 Å². The second-order valence-corrected chi connectivity index (χ2v) is 13.3. The Bertz CT molecular complexity index is 1300. The Balaban J connectivity index is 1.34. The Labute approximate surface area is 240 Å². The van der Waals surface area contributed by atoms with Gasteiger partial charge < -0.3 is 4.74 Å². The second-order valence-electron chi connectivity index (χ2n) is 13.3. The maximum atomic E-state index is 14.4. The van der Waals surface area contributed by atoms with E-state index in [0.717, 1.165) is 71.1 Å². The quantitative estimate of drug-likeness (QED) is 0.516. The Morgan fingerprint density at radius 1 is 1.15 bits per heavy atom. The van der Waals surface area contributed by atoms with E-state index in [4.69, 9.17) is 4.74 Å².